The summed E-state index contributed by atoms with van der Waals surface area (Å²) in [6, 6.07) is 7.85. The van der Waals surface area contributed by atoms with Crippen LogP contribution in [-0.2, 0) is 31.9 Å². The number of methoxy groups -OCH3 is 1. The Morgan fingerprint density at radius 2 is 2.00 bits per heavy atom. The predicted octanol–water partition coefficient (Wildman–Crippen LogP) is 3.30. The summed E-state index contributed by atoms with van der Waals surface area (Å²) >= 11 is 2.56. The number of carbonyl (C=O) groups is 3. The van der Waals surface area contributed by atoms with Crippen LogP contribution in [-0.4, -0.2) is 37.3 Å². The number of aryl methyl sites for hydroxylation is 2. The zero-order chi connectivity index (χ0) is 19.2. The van der Waals surface area contributed by atoms with Gasteiger partial charge in [-0.15, -0.1) is 23.1 Å². The maximum absolute atomic E-state index is 11.9. The molecule has 0 saturated heterocycles. The highest BCUT2D eigenvalue weighted by Crippen LogP contribution is 2.27. The number of carbonyl (C=O) groups excluding carboxylic acids is 3. The number of esters is 2. The lowest BCUT2D eigenvalue weighted by molar-refractivity contribution is -0.144. The van der Waals surface area contributed by atoms with E-state index in [-0.39, 0.29) is 5.75 Å². The summed E-state index contributed by atoms with van der Waals surface area (Å²) in [7, 11) is 1.27. The Kier molecular flexibility index (Phi) is 6.52. The smallest absolute Gasteiger partial charge is 0.350 e. The molecule has 2 aromatic rings. The molecule has 0 aliphatic heterocycles. The summed E-state index contributed by atoms with van der Waals surface area (Å²) in [5.74, 6) is -1.36. The van der Waals surface area contributed by atoms with Crippen LogP contribution in [0.4, 0.5) is 5.69 Å². The van der Waals surface area contributed by atoms with Gasteiger partial charge < -0.3 is 14.8 Å². The third-order valence-corrected chi connectivity index (χ3v) is 5.96. The second-order valence-corrected chi connectivity index (χ2v) is 7.90. The van der Waals surface area contributed by atoms with Crippen molar-refractivity contribution in [2.75, 3.05) is 24.8 Å². The van der Waals surface area contributed by atoms with Crippen LogP contribution < -0.4 is 5.32 Å². The van der Waals surface area contributed by atoms with Gasteiger partial charge in [-0.25, -0.2) is 4.79 Å². The molecule has 0 atom stereocenters. The maximum Gasteiger partial charge on any atom is 0.350 e. The Morgan fingerprint density at radius 3 is 2.81 bits per heavy atom. The number of hydrogen-bond donors (Lipinski definition) is 1. The van der Waals surface area contributed by atoms with Crippen molar-refractivity contribution in [3.63, 3.8) is 0 Å². The van der Waals surface area contributed by atoms with Gasteiger partial charge in [-0.05, 0) is 54.0 Å². The molecule has 8 heteroatoms. The standard InChI is InChI=1S/C19H19NO5S2/c1-24-19(23)18-15(7-8-26-18)20-16(21)10-25-17(22)11-27-14-6-5-12-3-2-4-13(12)9-14/h5-9H,2-4,10-11H2,1H3,(H,20,21). The minimum absolute atomic E-state index is 0.137. The van der Waals surface area contributed by atoms with Gasteiger partial charge in [0.2, 0.25) is 0 Å². The number of benzene rings is 1. The number of ether oxygens (including phenoxy) is 2. The molecule has 1 N–H and O–H groups in total. The van der Waals surface area contributed by atoms with Crippen LogP contribution in [0.5, 0.6) is 0 Å². The molecule has 6 nitrogen and oxygen atoms in total. The molecular formula is C19H19NO5S2. The zero-order valence-corrected chi connectivity index (χ0v) is 16.4. The topological polar surface area (TPSA) is 81.7 Å². The summed E-state index contributed by atoms with van der Waals surface area (Å²) in [4.78, 5) is 36.7. The molecule has 0 bridgehead atoms. The van der Waals surface area contributed by atoms with Gasteiger partial charge in [0.25, 0.3) is 5.91 Å². The van der Waals surface area contributed by atoms with Crippen LogP contribution in [0.1, 0.15) is 27.2 Å². The van der Waals surface area contributed by atoms with Crippen LogP contribution >= 0.6 is 23.1 Å². The summed E-state index contributed by atoms with van der Waals surface area (Å²) in [6.45, 7) is -0.403. The van der Waals surface area contributed by atoms with Gasteiger partial charge in [-0.3, -0.25) is 9.59 Å². The molecule has 0 fully saturated rings. The summed E-state index contributed by atoms with van der Waals surface area (Å²) in [5.41, 5.74) is 3.09. The van der Waals surface area contributed by atoms with Crippen molar-refractivity contribution in [2.24, 2.45) is 0 Å². The molecule has 0 spiro atoms. The molecule has 142 valence electrons. The Morgan fingerprint density at radius 1 is 1.19 bits per heavy atom. The van der Waals surface area contributed by atoms with Crippen molar-refractivity contribution in [3.05, 3.63) is 45.6 Å². The van der Waals surface area contributed by atoms with E-state index in [1.54, 1.807) is 11.4 Å². The van der Waals surface area contributed by atoms with Gasteiger partial charge >= 0.3 is 11.9 Å². The fourth-order valence-corrected chi connectivity index (χ4v) is 4.34. The molecule has 0 saturated carbocycles. The van der Waals surface area contributed by atoms with Gasteiger partial charge in [0, 0.05) is 4.90 Å². The molecule has 27 heavy (non-hydrogen) atoms. The zero-order valence-electron chi connectivity index (χ0n) is 14.8. The number of anilines is 1. The van der Waals surface area contributed by atoms with Gasteiger partial charge in [0.05, 0.1) is 18.6 Å². The Hall–Kier alpha value is -2.32. The van der Waals surface area contributed by atoms with Gasteiger partial charge in [0.1, 0.15) is 4.88 Å². The van der Waals surface area contributed by atoms with E-state index in [1.807, 2.05) is 6.07 Å². The summed E-state index contributed by atoms with van der Waals surface area (Å²) in [5, 5.41) is 4.22. The first-order valence-electron chi connectivity index (χ1n) is 8.42. The molecule has 1 amide bonds. The van der Waals surface area contributed by atoms with E-state index in [2.05, 4.69) is 22.2 Å². The van der Waals surface area contributed by atoms with E-state index in [9.17, 15) is 14.4 Å². The minimum atomic E-state index is -0.525. The lowest BCUT2D eigenvalue weighted by Crippen LogP contribution is -2.22. The van der Waals surface area contributed by atoms with E-state index in [0.29, 0.717) is 10.6 Å². The summed E-state index contributed by atoms with van der Waals surface area (Å²) in [6.07, 6.45) is 3.40. The molecule has 0 radical (unpaired) electrons. The quantitative estimate of drug-likeness (QED) is 0.562. The Labute approximate surface area is 165 Å². The highest BCUT2D eigenvalue weighted by Gasteiger charge is 2.17. The first kappa shape index (κ1) is 19.4. The van der Waals surface area contributed by atoms with Crippen molar-refractivity contribution in [1.82, 2.24) is 0 Å². The predicted molar refractivity (Wildman–Crippen MR) is 104 cm³/mol. The fraction of sp³-hybridized carbons (Fsp3) is 0.316. The first-order chi connectivity index (χ1) is 13.1. The largest absolute Gasteiger partial charge is 0.465 e. The van der Waals surface area contributed by atoms with E-state index in [1.165, 1.54) is 36.4 Å². The molecule has 1 aromatic carbocycles. The second kappa shape index (κ2) is 9.05. The van der Waals surface area contributed by atoms with Gasteiger partial charge in [0.15, 0.2) is 6.61 Å². The normalized spacial score (nSPS) is 12.3. The Bertz CT molecular complexity index is 862. The van der Waals surface area contributed by atoms with Crippen LogP contribution in [0.2, 0.25) is 0 Å². The van der Waals surface area contributed by atoms with Crippen LogP contribution in [0.25, 0.3) is 0 Å². The lowest BCUT2D eigenvalue weighted by atomic mass is 10.1. The van der Waals surface area contributed by atoms with E-state index >= 15 is 0 Å². The monoisotopic (exact) mass is 405 g/mol. The number of thioether (sulfide) groups is 1. The molecular weight excluding hydrogens is 386 g/mol. The molecule has 0 unspecified atom stereocenters. The Balaban J connectivity index is 1.43. The van der Waals surface area contributed by atoms with E-state index in [0.717, 1.165) is 29.1 Å². The summed E-state index contributed by atoms with van der Waals surface area (Å²) < 4.78 is 9.66. The van der Waals surface area contributed by atoms with Gasteiger partial charge in [-0.2, -0.15) is 0 Å². The van der Waals surface area contributed by atoms with Crippen molar-refractivity contribution in [1.29, 1.82) is 0 Å². The second-order valence-electron chi connectivity index (χ2n) is 5.94. The third-order valence-electron chi connectivity index (χ3n) is 4.10. The van der Waals surface area contributed by atoms with Crippen molar-refractivity contribution >= 4 is 46.6 Å². The van der Waals surface area contributed by atoms with Crippen LogP contribution in [0.3, 0.4) is 0 Å². The van der Waals surface area contributed by atoms with E-state index < -0.39 is 24.5 Å². The molecule has 1 heterocycles. The van der Waals surface area contributed by atoms with Crippen molar-refractivity contribution in [3.8, 4) is 0 Å². The van der Waals surface area contributed by atoms with Crippen LogP contribution in [0, 0.1) is 0 Å². The van der Waals surface area contributed by atoms with Crippen LogP contribution in [0.15, 0.2) is 34.5 Å². The number of amides is 1. The number of thiophene rings is 1. The lowest BCUT2D eigenvalue weighted by Gasteiger charge is -2.07. The van der Waals surface area contributed by atoms with Crippen molar-refractivity contribution < 1.29 is 23.9 Å². The highest BCUT2D eigenvalue weighted by molar-refractivity contribution is 8.00. The van der Waals surface area contributed by atoms with E-state index in [4.69, 9.17) is 4.74 Å². The van der Waals surface area contributed by atoms with Crippen molar-refractivity contribution in [2.45, 2.75) is 24.2 Å². The maximum atomic E-state index is 11.9. The van der Waals surface area contributed by atoms with Gasteiger partial charge in [-0.1, -0.05) is 6.07 Å². The fourth-order valence-electron chi connectivity index (χ4n) is 2.81. The number of hydrogen-bond acceptors (Lipinski definition) is 7. The molecule has 3 rings (SSSR count). The number of fused-ring (bicyclic) bond motifs is 1. The number of rotatable bonds is 7. The average molecular weight is 405 g/mol. The minimum Gasteiger partial charge on any atom is -0.465 e. The SMILES string of the molecule is COC(=O)c1sccc1NC(=O)COC(=O)CSc1ccc2c(c1)CCC2. The first-order valence-corrected chi connectivity index (χ1v) is 10.3. The third kappa shape index (κ3) is 5.11. The molecule has 1 aliphatic rings. The average Bonchev–Trinajstić information content (AvgIpc) is 3.32. The highest BCUT2D eigenvalue weighted by atomic mass is 32.2. The molecule has 1 aliphatic carbocycles. The molecule has 1 aromatic heterocycles. The number of nitrogens with one attached hydrogen (secondary N) is 1.